The summed E-state index contributed by atoms with van der Waals surface area (Å²) >= 11 is 0. The van der Waals surface area contributed by atoms with Gasteiger partial charge in [-0.2, -0.15) is 0 Å². The third-order valence-electron chi connectivity index (χ3n) is 5.09. The molecule has 5 heteroatoms. The number of hydrogen-bond donors (Lipinski definition) is 0. The van der Waals surface area contributed by atoms with Crippen LogP contribution in [0, 0.1) is 11.6 Å². The standard InChI is InChI=1S/C27H17F2N3/c28-23-14-8-7-13-21(23)22-17-20(15-16-24(22)29)27-31-25(18-9-3-1-4-10-18)30-26(32-27)19-11-5-2-6-12-19/h1-17H. The van der Waals surface area contributed by atoms with Crippen molar-refractivity contribution in [3.8, 4) is 45.3 Å². The highest BCUT2D eigenvalue weighted by Crippen LogP contribution is 2.31. The first-order valence-corrected chi connectivity index (χ1v) is 10.1. The molecule has 1 aromatic heterocycles. The monoisotopic (exact) mass is 421 g/mol. The van der Waals surface area contributed by atoms with Crippen molar-refractivity contribution in [2.45, 2.75) is 0 Å². The van der Waals surface area contributed by atoms with E-state index in [1.54, 1.807) is 30.3 Å². The van der Waals surface area contributed by atoms with Gasteiger partial charge in [0.1, 0.15) is 11.6 Å². The summed E-state index contributed by atoms with van der Waals surface area (Å²) in [5.74, 6) is 0.390. The summed E-state index contributed by atoms with van der Waals surface area (Å²) in [5.41, 5.74) is 2.59. The zero-order chi connectivity index (χ0) is 21.9. The minimum Gasteiger partial charge on any atom is -0.208 e. The van der Waals surface area contributed by atoms with Crippen LogP contribution in [-0.4, -0.2) is 15.0 Å². The van der Waals surface area contributed by atoms with Crippen LogP contribution in [0.25, 0.3) is 45.3 Å². The number of hydrogen-bond acceptors (Lipinski definition) is 3. The van der Waals surface area contributed by atoms with Crippen LogP contribution in [-0.2, 0) is 0 Å². The highest BCUT2D eigenvalue weighted by atomic mass is 19.1. The van der Waals surface area contributed by atoms with Crippen LogP contribution in [0.5, 0.6) is 0 Å². The van der Waals surface area contributed by atoms with Crippen LogP contribution in [0.15, 0.2) is 103 Å². The zero-order valence-electron chi connectivity index (χ0n) is 16.9. The molecule has 0 aliphatic heterocycles. The minimum atomic E-state index is -0.514. The first-order valence-electron chi connectivity index (χ1n) is 10.1. The quantitative estimate of drug-likeness (QED) is 0.320. The lowest BCUT2D eigenvalue weighted by atomic mass is 10.0. The van der Waals surface area contributed by atoms with E-state index >= 15 is 0 Å². The van der Waals surface area contributed by atoms with Crippen LogP contribution in [0.3, 0.4) is 0 Å². The molecule has 5 rings (SSSR count). The Balaban J connectivity index is 1.70. The van der Waals surface area contributed by atoms with Gasteiger partial charge in [-0.05, 0) is 24.3 Å². The fourth-order valence-electron chi connectivity index (χ4n) is 3.49. The lowest BCUT2D eigenvalue weighted by Gasteiger charge is -2.10. The van der Waals surface area contributed by atoms with E-state index < -0.39 is 11.6 Å². The van der Waals surface area contributed by atoms with Gasteiger partial charge >= 0.3 is 0 Å². The number of halogens is 2. The minimum absolute atomic E-state index is 0.156. The van der Waals surface area contributed by atoms with Crippen LogP contribution < -0.4 is 0 Å². The Morgan fingerprint density at radius 2 is 0.875 bits per heavy atom. The molecule has 5 aromatic rings. The average molecular weight is 421 g/mol. The van der Waals surface area contributed by atoms with Gasteiger partial charge in [0, 0.05) is 27.8 Å². The summed E-state index contributed by atoms with van der Waals surface area (Å²) in [6.07, 6.45) is 0. The molecule has 0 N–H and O–H groups in total. The van der Waals surface area contributed by atoms with Crippen molar-refractivity contribution in [2.75, 3.05) is 0 Å². The van der Waals surface area contributed by atoms with Gasteiger partial charge in [0.2, 0.25) is 0 Å². The molecule has 0 fully saturated rings. The summed E-state index contributed by atoms with van der Waals surface area (Å²) in [6.45, 7) is 0. The average Bonchev–Trinajstić information content (AvgIpc) is 2.86. The molecule has 1 heterocycles. The van der Waals surface area contributed by atoms with Gasteiger partial charge in [-0.25, -0.2) is 23.7 Å². The second kappa shape index (κ2) is 8.47. The van der Waals surface area contributed by atoms with Gasteiger partial charge in [-0.15, -0.1) is 0 Å². The molecule has 0 saturated carbocycles. The molecule has 4 aromatic carbocycles. The predicted octanol–water partition coefficient (Wildman–Crippen LogP) is 6.82. The third kappa shape index (κ3) is 3.88. The number of benzene rings is 4. The highest BCUT2D eigenvalue weighted by Gasteiger charge is 2.15. The SMILES string of the molecule is Fc1ccccc1-c1cc(-c2nc(-c3ccccc3)nc(-c3ccccc3)n2)ccc1F. The van der Waals surface area contributed by atoms with Crippen molar-refractivity contribution < 1.29 is 8.78 Å². The van der Waals surface area contributed by atoms with Crippen molar-refractivity contribution in [1.82, 2.24) is 15.0 Å². The van der Waals surface area contributed by atoms with Gasteiger partial charge < -0.3 is 0 Å². The summed E-state index contributed by atoms with van der Waals surface area (Å²) in [4.78, 5) is 14.0. The van der Waals surface area contributed by atoms with Gasteiger partial charge in [-0.1, -0.05) is 78.9 Å². The smallest absolute Gasteiger partial charge is 0.164 e. The summed E-state index contributed by atoms with van der Waals surface area (Å²) in [6, 6.07) is 29.8. The van der Waals surface area contributed by atoms with Gasteiger partial charge in [0.25, 0.3) is 0 Å². The second-order valence-corrected chi connectivity index (χ2v) is 7.21. The van der Waals surface area contributed by atoms with Crippen molar-refractivity contribution in [3.05, 3.63) is 115 Å². The second-order valence-electron chi connectivity index (χ2n) is 7.21. The maximum absolute atomic E-state index is 14.6. The van der Waals surface area contributed by atoms with Crippen molar-refractivity contribution in [3.63, 3.8) is 0 Å². The lowest BCUT2D eigenvalue weighted by Crippen LogP contribution is -2.00. The molecule has 32 heavy (non-hydrogen) atoms. The Morgan fingerprint density at radius 1 is 0.406 bits per heavy atom. The van der Waals surface area contributed by atoms with E-state index in [2.05, 4.69) is 15.0 Å². The topological polar surface area (TPSA) is 38.7 Å². The van der Waals surface area contributed by atoms with Crippen LogP contribution in [0.1, 0.15) is 0 Å². The Hall–Kier alpha value is -4.25. The maximum atomic E-state index is 14.6. The molecule has 154 valence electrons. The summed E-state index contributed by atoms with van der Waals surface area (Å²) in [7, 11) is 0. The Morgan fingerprint density at radius 3 is 1.44 bits per heavy atom. The first kappa shape index (κ1) is 19.7. The fraction of sp³-hybridized carbons (Fsp3) is 0. The third-order valence-corrected chi connectivity index (χ3v) is 5.09. The molecular formula is C27H17F2N3. The Bertz CT molecular complexity index is 1330. The fourth-order valence-corrected chi connectivity index (χ4v) is 3.49. The van der Waals surface area contributed by atoms with Crippen molar-refractivity contribution in [1.29, 1.82) is 0 Å². The molecule has 0 bridgehead atoms. The maximum Gasteiger partial charge on any atom is 0.164 e. The number of aromatic nitrogens is 3. The lowest BCUT2D eigenvalue weighted by molar-refractivity contribution is 0.616. The molecule has 0 amide bonds. The van der Waals surface area contributed by atoms with Crippen LogP contribution in [0.4, 0.5) is 8.78 Å². The Labute approximate surface area is 184 Å². The summed E-state index contributed by atoms with van der Waals surface area (Å²) < 4.78 is 29.0. The van der Waals surface area contributed by atoms with Gasteiger partial charge in [-0.3, -0.25) is 0 Å². The van der Waals surface area contributed by atoms with Gasteiger partial charge in [0.15, 0.2) is 17.5 Å². The highest BCUT2D eigenvalue weighted by molar-refractivity contribution is 5.73. The van der Waals surface area contributed by atoms with E-state index in [1.807, 2.05) is 60.7 Å². The number of nitrogens with zero attached hydrogens (tertiary/aromatic N) is 3. The van der Waals surface area contributed by atoms with E-state index in [1.165, 1.54) is 12.1 Å². The molecule has 0 aliphatic rings. The van der Waals surface area contributed by atoms with E-state index in [0.717, 1.165) is 11.1 Å². The van der Waals surface area contributed by atoms with E-state index in [-0.39, 0.29) is 11.1 Å². The van der Waals surface area contributed by atoms with Crippen LogP contribution in [0.2, 0.25) is 0 Å². The largest absolute Gasteiger partial charge is 0.208 e. The van der Waals surface area contributed by atoms with E-state index in [0.29, 0.717) is 23.0 Å². The van der Waals surface area contributed by atoms with Crippen molar-refractivity contribution >= 4 is 0 Å². The van der Waals surface area contributed by atoms with E-state index in [9.17, 15) is 8.78 Å². The zero-order valence-corrected chi connectivity index (χ0v) is 16.9. The molecular weight excluding hydrogens is 404 g/mol. The normalized spacial score (nSPS) is 10.8. The molecule has 0 atom stereocenters. The van der Waals surface area contributed by atoms with Gasteiger partial charge in [0.05, 0.1) is 0 Å². The molecule has 0 saturated heterocycles. The Kier molecular flexibility index (Phi) is 5.22. The number of rotatable bonds is 4. The van der Waals surface area contributed by atoms with Crippen molar-refractivity contribution in [2.24, 2.45) is 0 Å². The van der Waals surface area contributed by atoms with Crippen LogP contribution >= 0.6 is 0 Å². The van der Waals surface area contributed by atoms with E-state index in [4.69, 9.17) is 0 Å². The molecule has 0 radical (unpaired) electrons. The molecule has 0 unspecified atom stereocenters. The predicted molar refractivity (Wildman–Crippen MR) is 121 cm³/mol. The molecule has 3 nitrogen and oxygen atoms in total. The first-order chi connectivity index (χ1) is 15.7. The molecule has 0 aliphatic carbocycles. The molecule has 0 spiro atoms. The summed E-state index contributed by atoms with van der Waals surface area (Å²) in [5, 5.41) is 0.